The van der Waals surface area contributed by atoms with E-state index < -0.39 is 11.9 Å². The van der Waals surface area contributed by atoms with Gasteiger partial charge in [-0.15, -0.1) is 11.3 Å². The van der Waals surface area contributed by atoms with E-state index in [0.29, 0.717) is 22.1 Å². The number of furan rings is 2. The molecule has 146 valence electrons. The summed E-state index contributed by atoms with van der Waals surface area (Å²) in [5.41, 5.74) is 0.487. The van der Waals surface area contributed by atoms with Gasteiger partial charge in [-0.2, -0.15) is 0 Å². The molecule has 2 amide bonds. The van der Waals surface area contributed by atoms with Gasteiger partial charge in [-0.25, -0.2) is 0 Å². The van der Waals surface area contributed by atoms with Gasteiger partial charge in [0, 0.05) is 6.20 Å². The van der Waals surface area contributed by atoms with E-state index in [-0.39, 0.29) is 12.5 Å². The minimum atomic E-state index is -1.02. The first-order valence-electron chi connectivity index (χ1n) is 8.84. The van der Waals surface area contributed by atoms with Gasteiger partial charge < -0.3 is 14.2 Å². The van der Waals surface area contributed by atoms with Gasteiger partial charge in [0.15, 0.2) is 6.04 Å². The van der Waals surface area contributed by atoms with E-state index in [1.54, 1.807) is 60.9 Å². The zero-order chi connectivity index (χ0) is 20.1. The Morgan fingerprint density at radius 1 is 1.07 bits per heavy atom. The summed E-state index contributed by atoms with van der Waals surface area (Å²) < 4.78 is 10.8. The molecule has 8 heteroatoms. The van der Waals surface area contributed by atoms with Gasteiger partial charge in [-0.05, 0) is 47.8 Å². The van der Waals surface area contributed by atoms with Crippen molar-refractivity contribution >= 4 is 28.8 Å². The molecule has 29 heavy (non-hydrogen) atoms. The van der Waals surface area contributed by atoms with Crippen LogP contribution in [-0.2, 0) is 11.3 Å². The molecule has 0 radical (unpaired) electrons. The molecule has 0 fully saturated rings. The lowest BCUT2D eigenvalue weighted by Crippen LogP contribution is -2.43. The van der Waals surface area contributed by atoms with Crippen LogP contribution < -0.4 is 10.2 Å². The average molecular weight is 407 g/mol. The Balaban J connectivity index is 1.72. The molecule has 0 bridgehead atoms. The highest BCUT2D eigenvalue weighted by molar-refractivity contribution is 7.12. The van der Waals surface area contributed by atoms with Crippen LogP contribution in [0, 0.1) is 0 Å². The first kappa shape index (κ1) is 18.7. The van der Waals surface area contributed by atoms with E-state index in [1.165, 1.54) is 28.8 Å². The summed E-state index contributed by atoms with van der Waals surface area (Å²) >= 11 is 1.30. The lowest BCUT2D eigenvalue weighted by molar-refractivity contribution is -0.123. The van der Waals surface area contributed by atoms with Crippen LogP contribution in [0.2, 0.25) is 0 Å². The Morgan fingerprint density at radius 2 is 1.93 bits per heavy atom. The molecule has 4 rings (SSSR count). The first-order valence-corrected chi connectivity index (χ1v) is 9.72. The third-order valence-electron chi connectivity index (χ3n) is 4.21. The van der Waals surface area contributed by atoms with Crippen LogP contribution in [0.5, 0.6) is 0 Å². The Hall–Kier alpha value is -3.65. The molecule has 0 aliphatic carbocycles. The molecule has 0 saturated heterocycles. The topological polar surface area (TPSA) is 88.6 Å². The minimum absolute atomic E-state index is 0.192. The predicted molar refractivity (Wildman–Crippen MR) is 107 cm³/mol. The third kappa shape index (κ3) is 4.12. The van der Waals surface area contributed by atoms with Gasteiger partial charge >= 0.3 is 0 Å². The number of thiophene rings is 1. The van der Waals surface area contributed by atoms with Gasteiger partial charge in [0.2, 0.25) is 0 Å². The summed E-state index contributed by atoms with van der Waals surface area (Å²) in [5.74, 6) is 0.234. The zero-order valence-corrected chi connectivity index (χ0v) is 16.0. The monoisotopic (exact) mass is 407 g/mol. The smallest absolute Gasteiger partial charge is 0.269 e. The van der Waals surface area contributed by atoms with Gasteiger partial charge in [0.05, 0.1) is 35.8 Å². The van der Waals surface area contributed by atoms with Crippen molar-refractivity contribution in [2.45, 2.75) is 12.6 Å². The molecule has 0 aliphatic heterocycles. The summed E-state index contributed by atoms with van der Waals surface area (Å²) in [7, 11) is 0. The highest BCUT2D eigenvalue weighted by Gasteiger charge is 2.35. The third-order valence-corrected chi connectivity index (χ3v) is 5.07. The summed E-state index contributed by atoms with van der Waals surface area (Å²) in [6.07, 6.45) is 6.16. The second-order valence-electron chi connectivity index (χ2n) is 6.08. The normalized spacial score (nSPS) is 11.7. The molecule has 1 unspecified atom stereocenters. The number of hydrogen-bond donors (Lipinski definition) is 1. The van der Waals surface area contributed by atoms with Crippen molar-refractivity contribution in [3.8, 4) is 0 Å². The van der Waals surface area contributed by atoms with Crippen LogP contribution in [0.15, 0.2) is 87.7 Å². The number of carbonyl (C=O) groups is 2. The van der Waals surface area contributed by atoms with Crippen molar-refractivity contribution in [2.75, 3.05) is 4.90 Å². The number of amides is 2. The van der Waals surface area contributed by atoms with Crippen molar-refractivity contribution in [1.29, 1.82) is 0 Å². The molecule has 4 aromatic heterocycles. The molecule has 0 aromatic carbocycles. The maximum atomic E-state index is 13.3. The van der Waals surface area contributed by atoms with E-state index in [0.717, 1.165) is 0 Å². The lowest BCUT2D eigenvalue weighted by atomic mass is 10.1. The largest absolute Gasteiger partial charge is 0.467 e. The van der Waals surface area contributed by atoms with Crippen LogP contribution in [-0.4, -0.2) is 16.8 Å². The minimum Gasteiger partial charge on any atom is -0.467 e. The van der Waals surface area contributed by atoms with Gasteiger partial charge in [0.1, 0.15) is 11.5 Å². The Kier molecular flexibility index (Phi) is 5.53. The van der Waals surface area contributed by atoms with E-state index >= 15 is 0 Å². The number of nitrogens with zero attached hydrogens (tertiary/aromatic N) is 2. The number of rotatable bonds is 7. The zero-order valence-electron chi connectivity index (χ0n) is 15.2. The van der Waals surface area contributed by atoms with Crippen LogP contribution in [0.4, 0.5) is 5.69 Å². The van der Waals surface area contributed by atoms with Gasteiger partial charge in [-0.3, -0.25) is 19.5 Å². The lowest BCUT2D eigenvalue weighted by Gasteiger charge is -2.29. The maximum Gasteiger partial charge on any atom is 0.269 e. The number of hydrogen-bond acceptors (Lipinski definition) is 6. The number of pyridine rings is 1. The first-order chi connectivity index (χ1) is 14.2. The van der Waals surface area contributed by atoms with E-state index in [2.05, 4.69) is 10.3 Å². The van der Waals surface area contributed by atoms with E-state index in [4.69, 9.17) is 8.83 Å². The maximum absolute atomic E-state index is 13.3. The average Bonchev–Trinajstić information content (AvgIpc) is 3.53. The Morgan fingerprint density at radius 3 is 2.59 bits per heavy atom. The number of nitrogens with one attached hydrogen (secondary N) is 1. The predicted octanol–water partition coefficient (Wildman–Crippen LogP) is 4.03. The second kappa shape index (κ2) is 8.57. The summed E-state index contributed by atoms with van der Waals surface area (Å²) in [5, 5.41) is 4.63. The second-order valence-corrected chi connectivity index (χ2v) is 7.03. The molecule has 1 N–H and O–H groups in total. The van der Waals surface area contributed by atoms with Crippen molar-refractivity contribution in [3.05, 3.63) is 95.2 Å². The highest BCUT2D eigenvalue weighted by Crippen LogP contribution is 2.30. The van der Waals surface area contributed by atoms with Gasteiger partial charge in [-0.1, -0.05) is 6.07 Å². The van der Waals surface area contributed by atoms with Crippen molar-refractivity contribution < 1.29 is 18.4 Å². The van der Waals surface area contributed by atoms with Crippen LogP contribution >= 0.6 is 11.3 Å². The van der Waals surface area contributed by atoms with E-state index in [9.17, 15) is 9.59 Å². The molecular formula is C21H17N3O4S. The summed E-state index contributed by atoms with van der Waals surface area (Å²) in [6, 6.07) is 12.8. The quantitative estimate of drug-likeness (QED) is 0.500. The van der Waals surface area contributed by atoms with E-state index in [1.807, 2.05) is 5.38 Å². The summed E-state index contributed by atoms with van der Waals surface area (Å²) in [4.78, 5) is 32.6. The Bertz CT molecular complexity index is 1050. The molecule has 0 spiro atoms. The van der Waals surface area contributed by atoms with Crippen molar-refractivity contribution in [1.82, 2.24) is 10.3 Å². The van der Waals surface area contributed by atoms with Crippen molar-refractivity contribution in [3.63, 3.8) is 0 Å². The molecule has 0 aliphatic rings. The molecule has 4 heterocycles. The fraction of sp³-hybridized carbons (Fsp3) is 0.0952. The molecular weight excluding hydrogens is 390 g/mol. The number of carbonyl (C=O) groups excluding carboxylic acids is 2. The standard InChI is InChI=1S/C21H17N3O4S/c25-20(23-14-16-6-2-10-27-16)19(17-7-3-11-28-17)24(15-5-1-9-22-13-15)21(26)18-8-4-12-29-18/h1-13,19H,14H2,(H,23,25). The Labute approximate surface area is 170 Å². The molecule has 0 saturated carbocycles. The van der Waals surface area contributed by atoms with Crippen LogP contribution in [0.25, 0.3) is 0 Å². The fourth-order valence-corrected chi connectivity index (χ4v) is 3.56. The number of anilines is 1. The SMILES string of the molecule is O=C(NCc1ccco1)C(c1ccco1)N(C(=O)c1cccs1)c1cccnc1. The van der Waals surface area contributed by atoms with Crippen LogP contribution in [0.1, 0.15) is 27.2 Å². The highest BCUT2D eigenvalue weighted by atomic mass is 32.1. The van der Waals surface area contributed by atoms with Crippen LogP contribution in [0.3, 0.4) is 0 Å². The van der Waals surface area contributed by atoms with Gasteiger partial charge in [0.25, 0.3) is 11.8 Å². The van der Waals surface area contributed by atoms with Crippen molar-refractivity contribution in [2.24, 2.45) is 0 Å². The molecule has 7 nitrogen and oxygen atoms in total. The molecule has 1 atom stereocenters. The fourth-order valence-electron chi connectivity index (χ4n) is 2.90. The molecule has 4 aromatic rings. The number of aromatic nitrogens is 1. The summed E-state index contributed by atoms with van der Waals surface area (Å²) in [6.45, 7) is 0.192.